The molecule has 19 heavy (non-hydrogen) atoms. The predicted molar refractivity (Wildman–Crippen MR) is 74.7 cm³/mol. The van der Waals surface area contributed by atoms with Crippen LogP contribution in [0.3, 0.4) is 0 Å². The van der Waals surface area contributed by atoms with Gasteiger partial charge in [0.1, 0.15) is 12.2 Å². The van der Waals surface area contributed by atoms with Crippen molar-refractivity contribution >= 4 is 0 Å². The first kappa shape index (κ1) is 12.4. The molecule has 0 saturated carbocycles. The minimum atomic E-state index is 0.115. The second kappa shape index (κ2) is 4.78. The molecule has 1 aromatic carbocycles. The number of nitrogens with zero attached hydrogens (tertiary/aromatic N) is 3. The van der Waals surface area contributed by atoms with Gasteiger partial charge in [-0.2, -0.15) is 5.10 Å². The minimum Gasteiger partial charge on any atom is -0.330 e. The number of rotatable bonds is 4. The molecule has 0 fully saturated rings. The Hall–Kier alpha value is -1.68. The number of hydrogen-bond acceptors (Lipinski definition) is 3. The Morgan fingerprint density at radius 1 is 1.26 bits per heavy atom. The van der Waals surface area contributed by atoms with Gasteiger partial charge in [-0.3, -0.25) is 4.68 Å². The van der Waals surface area contributed by atoms with Crippen LogP contribution in [0.5, 0.6) is 0 Å². The van der Waals surface area contributed by atoms with Crippen molar-refractivity contribution in [2.45, 2.75) is 32.7 Å². The van der Waals surface area contributed by atoms with E-state index in [1.54, 1.807) is 6.33 Å². The number of benzene rings is 1. The van der Waals surface area contributed by atoms with Crippen molar-refractivity contribution in [2.75, 3.05) is 6.54 Å². The molecule has 0 amide bonds. The molecular weight excluding hydrogens is 236 g/mol. The van der Waals surface area contributed by atoms with Crippen LogP contribution in [-0.4, -0.2) is 21.3 Å². The highest BCUT2D eigenvalue weighted by atomic mass is 15.3. The molecule has 0 spiro atoms. The fourth-order valence-electron chi connectivity index (χ4n) is 3.14. The molecule has 1 aliphatic carbocycles. The van der Waals surface area contributed by atoms with Crippen LogP contribution in [0, 0.1) is 5.41 Å². The lowest BCUT2D eigenvalue weighted by atomic mass is 9.81. The van der Waals surface area contributed by atoms with Gasteiger partial charge in [-0.1, -0.05) is 24.3 Å². The predicted octanol–water partition coefficient (Wildman–Crippen LogP) is 1.58. The molecule has 0 radical (unpaired) electrons. The Morgan fingerprint density at radius 3 is 2.53 bits per heavy atom. The van der Waals surface area contributed by atoms with Gasteiger partial charge in [-0.05, 0) is 42.9 Å². The summed E-state index contributed by atoms with van der Waals surface area (Å²) in [6.45, 7) is 3.65. The van der Waals surface area contributed by atoms with Gasteiger partial charge >= 0.3 is 0 Å². The van der Waals surface area contributed by atoms with E-state index in [1.807, 2.05) is 4.68 Å². The third kappa shape index (κ3) is 2.16. The fourth-order valence-corrected chi connectivity index (χ4v) is 3.14. The van der Waals surface area contributed by atoms with Gasteiger partial charge in [0.15, 0.2) is 0 Å². The number of nitrogens with two attached hydrogens (primary N) is 1. The summed E-state index contributed by atoms with van der Waals surface area (Å²) in [6.07, 6.45) is 4.66. The minimum absolute atomic E-state index is 0.115. The van der Waals surface area contributed by atoms with Crippen molar-refractivity contribution in [3.8, 4) is 0 Å². The lowest BCUT2D eigenvalue weighted by Crippen LogP contribution is -2.34. The van der Waals surface area contributed by atoms with Crippen LogP contribution in [0.4, 0.5) is 0 Å². The third-order valence-electron chi connectivity index (χ3n) is 4.21. The van der Waals surface area contributed by atoms with E-state index in [-0.39, 0.29) is 5.41 Å². The number of aryl methyl sites for hydroxylation is 1. The molecule has 2 N–H and O–H groups in total. The van der Waals surface area contributed by atoms with Gasteiger partial charge in [-0.15, -0.1) is 0 Å². The molecule has 1 aromatic heterocycles. The summed E-state index contributed by atoms with van der Waals surface area (Å²) < 4.78 is 1.97. The molecule has 4 nitrogen and oxygen atoms in total. The summed E-state index contributed by atoms with van der Waals surface area (Å²) in [4.78, 5) is 4.40. The van der Waals surface area contributed by atoms with Crippen molar-refractivity contribution in [2.24, 2.45) is 11.1 Å². The fraction of sp³-hybridized carbons (Fsp3) is 0.467. The summed E-state index contributed by atoms with van der Waals surface area (Å²) in [5, 5.41) is 4.26. The quantitative estimate of drug-likeness (QED) is 0.903. The van der Waals surface area contributed by atoms with E-state index in [2.05, 4.69) is 41.3 Å². The van der Waals surface area contributed by atoms with E-state index in [0.717, 1.165) is 31.6 Å². The van der Waals surface area contributed by atoms with Crippen LogP contribution in [0.2, 0.25) is 0 Å². The van der Waals surface area contributed by atoms with Crippen LogP contribution in [0.1, 0.15) is 23.9 Å². The Balaban J connectivity index is 1.87. The van der Waals surface area contributed by atoms with Crippen molar-refractivity contribution in [3.63, 3.8) is 0 Å². The molecule has 0 unspecified atom stereocenters. The molecule has 2 aromatic rings. The maximum atomic E-state index is 6.10. The highest BCUT2D eigenvalue weighted by Gasteiger charge is 2.37. The molecule has 0 bridgehead atoms. The highest BCUT2D eigenvalue weighted by molar-refractivity contribution is 5.35. The lowest BCUT2D eigenvalue weighted by Gasteiger charge is -2.26. The van der Waals surface area contributed by atoms with Crippen molar-refractivity contribution < 1.29 is 0 Å². The maximum Gasteiger partial charge on any atom is 0.138 e. The van der Waals surface area contributed by atoms with E-state index in [4.69, 9.17) is 5.73 Å². The molecule has 4 heteroatoms. The zero-order valence-electron chi connectivity index (χ0n) is 11.3. The SMILES string of the molecule is CCn1ncnc1CC1(CN)Cc2ccccc2C1. The average molecular weight is 256 g/mol. The summed E-state index contributed by atoms with van der Waals surface area (Å²) in [5.74, 6) is 1.06. The molecular formula is C15H20N4. The first-order chi connectivity index (χ1) is 9.26. The topological polar surface area (TPSA) is 56.7 Å². The number of hydrogen-bond donors (Lipinski definition) is 1. The average Bonchev–Trinajstić information content (AvgIpc) is 3.02. The van der Waals surface area contributed by atoms with E-state index >= 15 is 0 Å². The summed E-state index contributed by atoms with van der Waals surface area (Å²) >= 11 is 0. The van der Waals surface area contributed by atoms with Gasteiger partial charge in [0.05, 0.1) is 0 Å². The first-order valence-corrected chi connectivity index (χ1v) is 6.90. The first-order valence-electron chi connectivity index (χ1n) is 6.90. The second-order valence-electron chi connectivity index (χ2n) is 5.50. The van der Waals surface area contributed by atoms with Crippen LogP contribution >= 0.6 is 0 Å². The van der Waals surface area contributed by atoms with E-state index < -0.39 is 0 Å². The van der Waals surface area contributed by atoms with E-state index in [0.29, 0.717) is 6.54 Å². The lowest BCUT2D eigenvalue weighted by molar-refractivity contribution is 0.302. The van der Waals surface area contributed by atoms with Gasteiger partial charge in [0, 0.05) is 13.0 Å². The maximum absolute atomic E-state index is 6.10. The van der Waals surface area contributed by atoms with Crippen molar-refractivity contribution in [1.82, 2.24) is 14.8 Å². The van der Waals surface area contributed by atoms with Crippen LogP contribution in [-0.2, 0) is 25.8 Å². The standard InChI is InChI=1S/C15H20N4/c1-2-19-14(17-11-18-19)9-15(10-16)7-12-5-3-4-6-13(12)8-15/h3-6,11H,2,7-10,16H2,1H3. The number of aromatic nitrogens is 3. The Bertz CT molecular complexity index is 548. The molecule has 1 aliphatic rings. The second-order valence-corrected chi connectivity index (χ2v) is 5.50. The number of fused-ring (bicyclic) bond motifs is 1. The third-order valence-corrected chi connectivity index (χ3v) is 4.21. The van der Waals surface area contributed by atoms with Crippen LogP contribution in [0.15, 0.2) is 30.6 Å². The van der Waals surface area contributed by atoms with E-state index in [1.165, 1.54) is 11.1 Å². The highest BCUT2D eigenvalue weighted by Crippen LogP contribution is 2.38. The van der Waals surface area contributed by atoms with Gasteiger partial charge < -0.3 is 5.73 Å². The molecule has 0 aliphatic heterocycles. The van der Waals surface area contributed by atoms with Crippen LogP contribution in [0.25, 0.3) is 0 Å². The largest absolute Gasteiger partial charge is 0.330 e. The van der Waals surface area contributed by atoms with Gasteiger partial charge in [0.25, 0.3) is 0 Å². The zero-order chi connectivity index (χ0) is 13.3. The monoisotopic (exact) mass is 256 g/mol. The van der Waals surface area contributed by atoms with Crippen LogP contribution < -0.4 is 5.73 Å². The van der Waals surface area contributed by atoms with E-state index in [9.17, 15) is 0 Å². The smallest absolute Gasteiger partial charge is 0.138 e. The summed E-state index contributed by atoms with van der Waals surface area (Å²) in [7, 11) is 0. The molecule has 0 atom stereocenters. The van der Waals surface area contributed by atoms with Crippen molar-refractivity contribution in [3.05, 3.63) is 47.5 Å². The van der Waals surface area contributed by atoms with Gasteiger partial charge in [-0.25, -0.2) is 4.98 Å². The molecule has 0 saturated heterocycles. The van der Waals surface area contributed by atoms with Crippen molar-refractivity contribution in [1.29, 1.82) is 0 Å². The Morgan fingerprint density at radius 2 is 1.95 bits per heavy atom. The normalized spacial score (nSPS) is 16.5. The zero-order valence-corrected chi connectivity index (χ0v) is 11.3. The summed E-state index contributed by atoms with van der Waals surface area (Å²) in [6, 6.07) is 8.66. The summed E-state index contributed by atoms with van der Waals surface area (Å²) in [5.41, 5.74) is 9.09. The molecule has 1 heterocycles. The van der Waals surface area contributed by atoms with Gasteiger partial charge in [0.2, 0.25) is 0 Å². The molecule has 100 valence electrons. The molecule has 3 rings (SSSR count). The Kier molecular flexibility index (Phi) is 3.11. The Labute approximate surface area is 113 Å².